The van der Waals surface area contributed by atoms with Crippen LogP contribution in [0.3, 0.4) is 0 Å². The molecule has 1 aliphatic rings. The van der Waals surface area contributed by atoms with Crippen LogP contribution < -0.4 is 5.32 Å². The van der Waals surface area contributed by atoms with Crippen LogP contribution in [0, 0.1) is 5.92 Å². The lowest BCUT2D eigenvalue weighted by Crippen LogP contribution is -2.30. The maximum absolute atomic E-state index is 11.3. The Labute approximate surface area is 128 Å². The van der Waals surface area contributed by atoms with Gasteiger partial charge in [0.15, 0.2) is 5.65 Å². The SMILES string of the molecule is CC(C)(C)n1ncc2c(N[C@@H]3CCC[C@@H]3C(=O)O)ncnc21. The molecule has 0 unspecified atom stereocenters. The second-order valence-corrected chi connectivity index (χ2v) is 6.81. The first-order valence-corrected chi connectivity index (χ1v) is 7.56. The summed E-state index contributed by atoms with van der Waals surface area (Å²) in [7, 11) is 0. The van der Waals surface area contributed by atoms with Crippen molar-refractivity contribution in [1.82, 2.24) is 19.7 Å². The van der Waals surface area contributed by atoms with Crippen LogP contribution in [0.5, 0.6) is 0 Å². The number of hydrogen-bond acceptors (Lipinski definition) is 5. The molecule has 1 fully saturated rings. The van der Waals surface area contributed by atoms with E-state index in [1.807, 2.05) is 4.68 Å². The van der Waals surface area contributed by atoms with Gasteiger partial charge in [0, 0.05) is 6.04 Å². The van der Waals surface area contributed by atoms with Crippen LogP contribution in [0.25, 0.3) is 11.0 Å². The minimum absolute atomic E-state index is 0.0893. The molecule has 7 heteroatoms. The molecule has 1 aliphatic carbocycles. The molecule has 0 saturated heterocycles. The molecule has 3 rings (SSSR count). The van der Waals surface area contributed by atoms with Crippen LogP contribution >= 0.6 is 0 Å². The summed E-state index contributed by atoms with van der Waals surface area (Å²) >= 11 is 0. The molecular weight excluding hydrogens is 282 g/mol. The van der Waals surface area contributed by atoms with E-state index >= 15 is 0 Å². The Kier molecular flexibility index (Phi) is 3.50. The summed E-state index contributed by atoms with van der Waals surface area (Å²) in [5, 5.41) is 17.8. The Balaban J connectivity index is 1.95. The van der Waals surface area contributed by atoms with Crippen molar-refractivity contribution in [2.45, 2.75) is 51.6 Å². The lowest BCUT2D eigenvalue weighted by molar-refractivity contribution is -0.141. The summed E-state index contributed by atoms with van der Waals surface area (Å²) in [6, 6.07) is -0.0893. The highest BCUT2D eigenvalue weighted by molar-refractivity contribution is 5.86. The van der Waals surface area contributed by atoms with Gasteiger partial charge in [-0.15, -0.1) is 0 Å². The van der Waals surface area contributed by atoms with Gasteiger partial charge in [-0.2, -0.15) is 5.10 Å². The molecule has 0 amide bonds. The zero-order valence-corrected chi connectivity index (χ0v) is 13.1. The van der Waals surface area contributed by atoms with E-state index < -0.39 is 5.97 Å². The fourth-order valence-corrected chi connectivity index (χ4v) is 3.05. The van der Waals surface area contributed by atoms with Crippen LogP contribution in [0.15, 0.2) is 12.5 Å². The van der Waals surface area contributed by atoms with Crippen molar-refractivity contribution < 1.29 is 9.90 Å². The van der Waals surface area contributed by atoms with Gasteiger partial charge in [-0.3, -0.25) is 4.79 Å². The van der Waals surface area contributed by atoms with Gasteiger partial charge in [-0.05, 0) is 33.6 Å². The van der Waals surface area contributed by atoms with Crippen LogP contribution in [0.2, 0.25) is 0 Å². The molecule has 0 aromatic carbocycles. The van der Waals surface area contributed by atoms with Crippen molar-refractivity contribution in [1.29, 1.82) is 0 Å². The number of hydrogen-bond donors (Lipinski definition) is 2. The molecule has 2 aromatic heterocycles. The van der Waals surface area contributed by atoms with Crippen molar-refractivity contribution in [3.63, 3.8) is 0 Å². The van der Waals surface area contributed by atoms with Crippen LogP contribution in [0.4, 0.5) is 5.82 Å². The van der Waals surface area contributed by atoms with Gasteiger partial charge in [0.25, 0.3) is 0 Å². The molecular formula is C15H21N5O2. The van der Waals surface area contributed by atoms with Crippen molar-refractivity contribution in [3.05, 3.63) is 12.5 Å². The molecule has 1 saturated carbocycles. The highest BCUT2D eigenvalue weighted by Gasteiger charge is 2.33. The normalized spacial score (nSPS) is 22.1. The lowest BCUT2D eigenvalue weighted by Gasteiger charge is -2.20. The number of carboxylic acids is 1. The van der Waals surface area contributed by atoms with E-state index in [0.29, 0.717) is 12.2 Å². The highest BCUT2D eigenvalue weighted by atomic mass is 16.4. The number of rotatable bonds is 3. The van der Waals surface area contributed by atoms with Gasteiger partial charge in [0.05, 0.1) is 23.0 Å². The van der Waals surface area contributed by atoms with Crippen LogP contribution in [0.1, 0.15) is 40.0 Å². The number of carbonyl (C=O) groups is 1. The Hall–Kier alpha value is -2.18. The molecule has 118 valence electrons. The molecule has 2 N–H and O–H groups in total. The first-order valence-electron chi connectivity index (χ1n) is 7.56. The molecule has 22 heavy (non-hydrogen) atoms. The van der Waals surface area contributed by atoms with E-state index in [1.54, 1.807) is 6.20 Å². The van der Waals surface area contributed by atoms with E-state index in [-0.39, 0.29) is 17.5 Å². The van der Waals surface area contributed by atoms with Gasteiger partial charge >= 0.3 is 5.97 Å². The molecule has 7 nitrogen and oxygen atoms in total. The quantitative estimate of drug-likeness (QED) is 0.903. The Bertz CT molecular complexity index is 704. The number of aromatic nitrogens is 4. The first kappa shape index (κ1) is 14.7. The van der Waals surface area contributed by atoms with Crippen molar-refractivity contribution in [2.75, 3.05) is 5.32 Å². The van der Waals surface area contributed by atoms with Crippen molar-refractivity contribution in [2.24, 2.45) is 5.92 Å². The van der Waals surface area contributed by atoms with Gasteiger partial charge in [0.1, 0.15) is 12.1 Å². The smallest absolute Gasteiger partial charge is 0.308 e. The Morgan fingerprint density at radius 2 is 2.14 bits per heavy atom. The van der Waals surface area contributed by atoms with Crippen molar-refractivity contribution >= 4 is 22.8 Å². The Morgan fingerprint density at radius 1 is 1.36 bits per heavy atom. The largest absolute Gasteiger partial charge is 0.481 e. The molecule has 2 aromatic rings. The zero-order chi connectivity index (χ0) is 15.9. The maximum atomic E-state index is 11.3. The van der Waals surface area contributed by atoms with Crippen LogP contribution in [-0.4, -0.2) is 36.9 Å². The first-order chi connectivity index (χ1) is 10.4. The predicted octanol–water partition coefficient (Wildman–Crippen LogP) is 2.25. The minimum atomic E-state index is -0.745. The number of aliphatic carboxylic acids is 1. The second-order valence-electron chi connectivity index (χ2n) is 6.81. The number of nitrogens with one attached hydrogen (secondary N) is 1. The van der Waals surface area contributed by atoms with E-state index in [9.17, 15) is 9.90 Å². The summed E-state index contributed by atoms with van der Waals surface area (Å²) in [4.78, 5) is 19.9. The summed E-state index contributed by atoms with van der Waals surface area (Å²) < 4.78 is 1.86. The topological polar surface area (TPSA) is 92.9 Å². The summed E-state index contributed by atoms with van der Waals surface area (Å²) in [6.45, 7) is 6.18. The third-order valence-corrected chi connectivity index (χ3v) is 4.16. The Morgan fingerprint density at radius 3 is 2.82 bits per heavy atom. The monoisotopic (exact) mass is 303 g/mol. The summed E-state index contributed by atoms with van der Waals surface area (Å²) in [5.41, 5.74) is 0.583. The molecule has 0 radical (unpaired) electrons. The molecule has 2 heterocycles. The van der Waals surface area contributed by atoms with E-state index in [0.717, 1.165) is 23.9 Å². The van der Waals surface area contributed by atoms with E-state index in [1.165, 1.54) is 6.33 Å². The number of fused-ring (bicyclic) bond motifs is 1. The standard InChI is InChI=1S/C15H21N5O2/c1-15(2,3)20-13-10(7-18-20)12(16-8-17-13)19-11-6-4-5-9(11)14(21)22/h7-9,11H,4-6H2,1-3H3,(H,21,22)(H,16,17,19)/t9-,11+/m0/s1. The van der Waals surface area contributed by atoms with Crippen LogP contribution in [-0.2, 0) is 10.3 Å². The average molecular weight is 303 g/mol. The van der Waals surface area contributed by atoms with Crippen molar-refractivity contribution in [3.8, 4) is 0 Å². The fourth-order valence-electron chi connectivity index (χ4n) is 3.05. The highest BCUT2D eigenvalue weighted by Crippen LogP contribution is 2.31. The number of carboxylic acid groups (broad SMARTS) is 1. The molecule has 0 aliphatic heterocycles. The molecule has 0 bridgehead atoms. The van der Waals surface area contributed by atoms with Gasteiger partial charge in [0.2, 0.25) is 0 Å². The summed E-state index contributed by atoms with van der Waals surface area (Å²) in [6.07, 6.45) is 5.72. The zero-order valence-electron chi connectivity index (χ0n) is 13.1. The molecule has 0 spiro atoms. The maximum Gasteiger partial charge on any atom is 0.308 e. The van der Waals surface area contributed by atoms with Gasteiger partial charge < -0.3 is 10.4 Å². The third-order valence-electron chi connectivity index (χ3n) is 4.16. The second kappa shape index (κ2) is 5.23. The minimum Gasteiger partial charge on any atom is -0.481 e. The average Bonchev–Trinajstić information content (AvgIpc) is 3.04. The predicted molar refractivity (Wildman–Crippen MR) is 82.7 cm³/mol. The fraction of sp³-hybridized carbons (Fsp3) is 0.600. The third kappa shape index (κ3) is 2.51. The number of anilines is 1. The van der Waals surface area contributed by atoms with Gasteiger partial charge in [-0.1, -0.05) is 6.42 Å². The number of nitrogens with zero attached hydrogens (tertiary/aromatic N) is 4. The van der Waals surface area contributed by atoms with E-state index in [2.05, 4.69) is 41.2 Å². The summed E-state index contributed by atoms with van der Waals surface area (Å²) in [5.74, 6) is -0.438. The molecule has 2 atom stereocenters. The van der Waals surface area contributed by atoms with Gasteiger partial charge in [-0.25, -0.2) is 14.6 Å². The van der Waals surface area contributed by atoms with E-state index in [4.69, 9.17) is 0 Å². The lowest BCUT2D eigenvalue weighted by atomic mass is 10.0.